The lowest BCUT2D eigenvalue weighted by Gasteiger charge is -2.13. The monoisotopic (exact) mass is 321 g/mol. The van der Waals surface area contributed by atoms with Crippen LogP contribution in [-0.2, 0) is 4.79 Å². The lowest BCUT2D eigenvalue weighted by molar-refractivity contribution is -0.115. The summed E-state index contributed by atoms with van der Waals surface area (Å²) in [6, 6.07) is 3.21. The molecule has 1 rings (SSSR count). The molecule has 17 heavy (non-hydrogen) atoms. The van der Waals surface area contributed by atoms with E-state index in [1.165, 1.54) is 14.2 Å². The Labute approximate surface area is 113 Å². The van der Waals surface area contributed by atoms with Crippen molar-refractivity contribution in [2.75, 3.05) is 19.5 Å². The fourth-order valence-electron chi connectivity index (χ4n) is 1.19. The van der Waals surface area contributed by atoms with E-state index in [1.54, 1.807) is 19.1 Å². The summed E-state index contributed by atoms with van der Waals surface area (Å²) in [5, 5.41) is 3.11. The molecule has 94 valence electrons. The van der Waals surface area contributed by atoms with Crippen molar-refractivity contribution in [1.29, 1.82) is 0 Å². The molecule has 6 heteroatoms. The van der Waals surface area contributed by atoms with Gasteiger partial charge in [-0.15, -0.1) is 0 Å². The fourth-order valence-corrected chi connectivity index (χ4v) is 1.55. The van der Waals surface area contributed by atoms with Crippen LogP contribution < -0.4 is 14.8 Å². The molecule has 0 heterocycles. The van der Waals surface area contributed by atoms with Gasteiger partial charge in [0.25, 0.3) is 0 Å². The second-order valence-corrected chi connectivity index (χ2v) is 5.07. The summed E-state index contributed by atoms with van der Waals surface area (Å²) < 4.78 is 10.2. The lowest BCUT2D eigenvalue weighted by atomic mass is 10.2. The van der Waals surface area contributed by atoms with Crippen LogP contribution in [0.4, 0.5) is 5.69 Å². The standard InChI is InChI=1S/C11H13BrClNO3/c1-6(12)11(15)14-8-4-7(13)9(16-2)5-10(8)17-3/h4-6H,1-3H3,(H,14,15)/t6-/m0/s1. The number of anilines is 1. The van der Waals surface area contributed by atoms with E-state index in [0.717, 1.165) is 0 Å². The lowest BCUT2D eigenvalue weighted by Crippen LogP contribution is -2.20. The zero-order chi connectivity index (χ0) is 13.0. The number of hydrogen-bond donors (Lipinski definition) is 1. The Morgan fingerprint density at radius 1 is 1.35 bits per heavy atom. The van der Waals surface area contributed by atoms with E-state index in [2.05, 4.69) is 21.2 Å². The Bertz CT molecular complexity index is 423. The van der Waals surface area contributed by atoms with E-state index in [4.69, 9.17) is 21.1 Å². The summed E-state index contributed by atoms with van der Waals surface area (Å²) in [5.41, 5.74) is 0.509. The van der Waals surface area contributed by atoms with Gasteiger partial charge in [0.05, 0.1) is 29.8 Å². The zero-order valence-electron chi connectivity index (χ0n) is 9.71. The number of halogens is 2. The van der Waals surface area contributed by atoms with Crippen molar-refractivity contribution in [3.8, 4) is 11.5 Å². The molecule has 4 nitrogen and oxygen atoms in total. The van der Waals surface area contributed by atoms with Gasteiger partial charge in [-0.1, -0.05) is 27.5 Å². The summed E-state index contributed by atoms with van der Waals surface area (Å²) in [7, 11) is 3.02. The summed E-state index contributed by atoms with van der Waals surface area (Å²) in [6.45, 7) is 1.73. The van der Waals surface area contributed by atoms with Crippen LogP contribution >= 0.6 is 27.5 Å². The van der Waals surface area contributed by atoms with Crippen LogP contribution in [0.5, 0.6) is 11.5 Å². The summed E-state index contributed by atoms with van der Waals surface area (Å²) >= 11 is 9.16. The van der Waals surface area contributed by atoms with Crippen molar-refractivity contribution in [3.63, 3.8) is 0 Å². The molecule has 1 N–H and O–H groups in total. The molecule has 0 spiro atoms. The molecule has 1 amide bonds. The highest BCUT2D eigenvalue weighted by molar-refractivity contribution is 9.10. The predicted molar refractivity (Wildman–Crippen MR) is 71.6 cm³/mol. The molecule has 0 aliphatic rings. The van der Waals surface area contributed by atoms with E-state index in [9.17, 15) is 4.79 Å². The van der Waals surface area contributed by atoms with Gasteiger partial charge in [-0.2, -0.15) is 0 Å². The highest BCUT2D eigenvalue weighted by Crippen LogP contribution is 2.35. The molecule has 0 aromatic heterocycles. The number of alkyl halides is 1. The smallest absolute Gasteiger partial charge is 0.237 e. The van der Waals surface area contributed by atoms with Gasteiger partial charge in [0.15, 0.2) is 0 Å². The van der Waals surface area contributed by atoms with E-state index in [-0.39, 0.29) is 10.7 Å². The van der Waals surface area contributed by atoms with Gasteiger partial charge in [-0.3, -0.25) is 4.79 Å². The third kappa shape index (κ3) is 3.51. The van der Waals surface area contributed by atoms with Crippen LogP contribution in [0.3, 0.4) is 0 Å². The van der Waals surface area contributed by atoms with Gasteiger partial charge < -0.3 is 14.8 Å². The van der Waals surface area contributed by atoms with Crippen molar-refractivity contribution >= 4 is 39.1 Å². The van der Waals surface area contributed by atoms with Crippen molar-refractivity contribution in [2.45, 2.75) is 11.8 Å². The zero-order valence-corrected chi connectivity index (χ0v) is 12.1. The Kier molecular flexibility index (Phi) is 5.08. The van der Waals surface area contributed by atoms with Gasteiger partial charge in [0.1, 0.15) is 11.5 Å². The van der Waals surface area contributed by atoms with Crippen molar-refractivity contribution in [2.24, 2.45) is 0 Å². The van der Waals surface area contributed by atoms with E-state index < -0.39 is 0 Å². The second kappa shape index (κ2) is 6.12. The first-order valence-electron chi connectivity index (χ1n) is 4.86. The minimum absolute atomic E-state index is 0.176. The molecular formula is C11H13BrClNO3. The molecule has 1 atom stereocenters. The van der Waals surface area contributed by atoms with Crippen molar-refractivity contribution < 1.29 is 14.3 Å². The molecule has 1 aromatic rings. The maximum Gasteiger partial charge on any atom is 0.237 e. The molecule has 0 fully saturated rings. The minimum Gasteiger partial charge on any atom is -0.495 e. The number of carbonyl (C=O) groups is 1. The molecule has 0 radical (unpaired) electrons. The van der Waals surface area contributed by atoms with Crippen LogP contribution in [-0.4, -0.2) is 25.0 Å². The van der Waals surface area contributed by atoms with Crippen LogP contribution in [0.1, 0.15) is 6.92 Å². The Morgan fingerprint density at radius 3 is 2.41 bits per heavy atom. The number of amides is 1. The maximum atomic E-state index is 11.6. The molecule has 0 saturated heterocycles. The molecule has 0 bridgehead atoms. The van der Waals surface area contributed by atoms with Crippen LogP contribution in [0.2, 0.25) is 5.02 Å². The SMILES string of the molecule is COc1cc(OC)c(NC(=O)[C@H](C)Br)cc1Cl. The number of ether oxygens (including phenoxy) is 2. The Hall–Kier alpha value is -0.940. The second-order valence-electron chi connectivity index (χ2n) is 3.29. The third-order valence-corrected chi connectivity index (χ3v) is 2.80. The summed E-state index contributed by atoms with van der Waals surface area (Å²) in [5.74, 6) is 0.811. The van der Waals surface area contributed by atoms with Gasteiger partial charge in [0.2, 0.25) is 5.91 Å². The van der Waals surface area contributed by atoms with Crippen molar-refractivity contribution in [3.05, 3.63) is 17.2 Å². The minimum atomic E-state index is -0.298. The van der Waals surface area contributed by atoms with Gasteiger partial charge >= 0.3 is 0 Å². The highest BCUT2D eigenvalue weighted by atomic mass is 79.9. The number of nitrogens with one attached hydrogen (secondary N) is 1. The fraction of sp³-hybridized carbons (Fsp3) is 0.364. The van der Waals surface area contributed by atoms with Crippen LogP contribution in [0, 0.1) is 0 Å². The summed E-state index contributed by atoms with van der Waals surface area (Å²) in [4.78, 5) is 11.3. The average molecular weight is 323 g/mol. The normalized spacial score (nSPS) is 11.8. The van der Waals surface area contributed by atoms with E-state index >= 15 is 0 Å². The molecule has 0 saturated carbocycles. The molecule has 0 unspecified atom stereocenters. The molecular weight excluding hydrogens is 309 g/mol. The molecule has 0 aliphatic heterocycles. The van der Waals surface area contributed by atoms with E-state index in [1.807, 2.05) is 0 Å². The largest absolute Gasteiger partial charge is 0.495 e. The van der Waals surface area contributed by atoms with Crippen LogP contribution in [0.25, 0.3) is 0 Å². The first kappa shape index (κ1) is 14.1. The number of carbonyl (C=O) groups excluding carboxylic acids is 1. The van der Waals surface area contributed by atoms with Gasteiger partial charge in [0, 0.05) is 6.07 Å². The van der Waals surface area contributed by atoms with Gasteiger partial charge in [-0.05, 0) is 13.0 Å². The number of hydrogen-bond acceptors (Lipinski definition) is 3. The van der Waals surface area contributed by atoms with E-state index in [0.29, 0.717) is 22.2 Å². The average Bonchev–Trinajstić information content (AvgIpc) is 2.29. The van der Waals surface area contributed by atoms with Crippen molar-refractivity contribution in [1.82, 2.24) is 0 Å². The molecule has 0 aliphatic carbocycles. The summed E-state index contributed by atoms with van der Waals surface area (Å²) in [6.07, 6.45) is 0. The maximum absolute atomic E-state index is 11.6. The Morgan fingerprint density at radius 2 is 1.94 bits per heavy atom. The number of benzene rings is 1. The first-order valence-corrected chi connectivity index (χ1v) is 6.15. The number of methoxy groups -OCH3 is 2. The quantitative estimate of drug-likeness (QED) is 0.867. The molecule has 1 aromatic carbocycles. The van der Waals surface area contributed by atoms with Gasteiger partial charge in [-0.25, -0.2) is 0 Å². The third-order valence-electron chi connectivity index (χ3n) is 2.09. The topological polar surface area (TPSA) is 47.6 Å². The first-order chi connectivity index (χ1) is 7.99. The highest BCUT2D eigenvalue weighted by Gasteiger charge is 2.14. The Balaban J connectivity index is 3.06. The number of rotatable bonds is 4. The predicted octanol–water partition coefficient (Wildman–Crippen LogP) is 3.08. The van der Waals surface area contributed by atoms with Crippen LogP contribution in [0.15, 0.2) is 12.1 Å².